The van der Waals surface area contributed by atoms with Gasteiger partial charge in [-0.15, -0.1) is 11.6 Å². The van der Waals surface area contributed by atoms with Gasteiger partial charge < -0.3 is 4.74 Å². The average Bonchev–Trinajstić information content (AvgIpc) is 2.37. The Hall–Kier alpha value is 0.160. The van der Waals surface area contributed by atoms with E-state index in [4.69, 9.17) is 16.3 Å². The molecule has 0 bridgehead atoms. The molecule has 17 heavy (non-hydrogen) atoms. The van der Waals surface area contributed by atoms with Crippen molar-refractivity contribution in [2.24, 2.45) is 0 Å². The summed E-state index contributed by atoms with van der Waals surface area (Å²) >= 11 is 5.69. The first-order chi connectivity index (χ1) is 8.07. The quantitative estimate of drug-likeness (QED) is 0.738. The summed E-state index contributed by atoms with van der Waals surface area (Å²) in [5.74, 6) is 0.150. The van der Waals surface area contributed by atoms with Crippen molar-refractivity contribution in [3.05, 3.63) is 0 Å². The van der Waals surface area contributed by atoms with Crippen LogP contribution in [0.5, 0.6) is 0 Å². The molecule has 0 aromatic rings. The SMILES string of the molecule is CC(CCl)S(=O)(=O)N1CCOC2CCCCC21. The van der Waals surface area contributed by atoms with Gasteiger partial charge in [0, 0.05) is 12.4 Å². The summed E-state index contributed by atoms with van der Waals surface area (Å²) in [6.07, 6.45) is 4.21. The van der Waals surface area contributed by atoms with Crippen molar-refractivity contribution in [2.45, 2.75) is 50.0 Å². The van der Waals surface area contributed by atoms with Gasteiger partial charge in [0.1, 0.15) is 0 Å². The third-order valence-electron chi connectivity index (χ3n) is 3.73. The maximum Gasteiger partial charge on any atom is 0.218 e. The lowest BCUT2D eigenvalue weighted by atomic mass is 9.91. The van der Waals surface area contributed by atoms with Crippen molar-refractivity contribution < 1.29 is 13.2 Å². The van der Waals surface area contributed by atoms with E-state index in [9.17, 15) is 8.42 Å². The predicted octanol–water partition coefficient (Wildman–Crippen LogP) is 1.59. The molecule has 6 heteroatoms. The molecule has 2 rings (SSSR count). The topological polar surface area (TPSA) is 46.6 Å². The molecule has 0 N–H and O–H groups in total. The number of nitrogens with zero attached hydrogens (tertiary/aromatic N) is 1. The molecule has 100 valence electrons. The Bertz CT molecular complexity index is 358. The van der Waals surface area contributed by atoms with E-state index in [2.05, 4.69) is 0 Å². The van der Waals surface area contributed by atoms with Crippen LogP contribution < -0.4 is 0 Å². The molecule has 1 aliphatic heterocycles. The van der Waals surface area contributed by atoms with Crippen LogP contribution in [0.25, 0.3) is 0 Å². The van der Waals surface area contributed by atoms with E-state index < -0.39 is 15.3 Å². The number of sulfonamides is 1. The minimum Gasteiger partial charge on any atom is -0.375 e. The van der Waals surface area contributed by atoms with Gasteiger partial charge in [-0.2, -0.15) is 4.31 Å². The summed E-state index contributed by atoms with van der Waals surface area (Å²) in [6.45, 7) is 2.66. The van der Waals surface area contributed by atoms with Gasteiger partial charge in [-0.1, -0.05) is 12.8 Å². The second-order valence-electron chi connectivity index (χ2n) is 4.88. The third-order valence-corrected chi connectivity index (χ3v) is 6.67. The Labute approximate surface area is 108 Å². The van der Waals surface area contributed by atoms with Crippen molar-refractivity contribution in [1.29, 1.82) is 0 Å². The van der Waals surface area contributed by atoms with Gasteiger partial charge in [0.2, 0.25) is 10.0 Å². The summed E-state index contributed by atoms with van der Waals surface area (Å²) in [6, 6.07) is 0.0353. The predicted molar refractivity (Wildman–Crippen MR) is 67.8 cm³/mol. The summed E-state index contributed by atoms with van der Waals surface area (Å²) < 4.78 is 32.0. The zero-order valence-electron chi connectivity index (χ0n) is 10.1. The maximum atomic E-state index is 12.4. The van der Waals surface area contributed by atoms with Crippen LogP contribution in [0.4, 0.5) is 0 Å². The molecule has 2 aliphatic rings. The van der Waals surface area contributed by atoms with E-state index in [1.807, 2.05) is 0 Å². The Balaban J connectivity index is 2.19. The van der Waals surface area contributed by atoms with Crippen LogP contribution in [0, 0.1) is 0 Å². The highest BCUT2D eigenvalue weighted by atomic mass is 35.5. The number of hydrogen-bond donors (Lipinski definition) is 0. The van der Waals surface area contributed by atoms with Crippen molar-refractivity contribution in [3.8, 4) is 0 Å². The summed E-state index contributed by atoms with van der Waals surface area (Å²) in [5, 5.41) is -0.509. The van der Waals surface area contributed by atoms with Gasteiger partial charge in [-0.05, 0) is 19.8 Å². The number of ether oxygens (including phenoxy) is 1. The normalized spacial score (nSPS) is 33.1. The molecule has 0 amide bonds. The van der Waals surface area contributed by atoms with Crippen LogP contribution in [0.2, 0.25) is 0 Å². The van der Waals surface area contributed by atoms with Gasteiger partial charge in [0.05, 0.1) is 24.0 Å². The highest BCUT2D eigenvalue weighted by Crippen LogP contribution is 2.31. The third kappa shape index (κ3) is 2.62. The number of fused-ring (bicyclic) bond motifs is 1. The van der Waals surface area contributed by atoms with Crippen LogP contribution in [0.15, 0.2) is 0 Å². The smallest absolute Gasteiger partial charge is 0.218 e. The van der Waals surface area contributed by atoms with E-state index in [0.29, 0.717) is 13.2 Å². The van der Waals surface area contributed by atoms with E-state index >= 15 is 0 Å². The number of hydrogen-bond acceptors (Lipinski definition) is 3. The molecule has 4 nitrogen and oxygen atoms in total. The molecule has 1 saturated heterocycles. The first-order valence-corrected chi connectivity index (χ1v) is 8.29. The van der Waals surface area contributed by atoms with Gasteiger partial charge >= 0.3 is 0 Å². The molecule has 0 radical (unpaired) electrons. The number of alkyl halides is 1. The lowest BCUT2D eigenvalue weighted by Crippen LogP contribution is -2.56. The monoisotopic (exact) mass is 281 g/mol. The number of rotatable bonds is 3. The van der Waals surface area contributed by atoms with Crippen LogP contribution in [-0.2, 0) is 14.8 Å². The minimum absolute atomic E-state index is 0.0353. The fourth-order valence-corrected chi connectivity index (χ4v) is 4.73. The Morgan fingerprint density at radius 2 is 2.12 bits per heavy atom. The molecule has 1 aliphatic carbocycles. The van der Waals surface area contributed by atoms with Gasteiger partial charge in [0.15, 0.2) is 0 Å². The van der Waals surface area contributed by atoms with Crippen molar-refractivity contribution in [2.75, 3.05) is 19.0 Å². The molecular formula is C11H20ClNO3S. The van der Waals surface area contributed by atoms with Crippen LogP contribution in [0.3, 0.4) is 0 Å². The van der Waals surface area contributed by atoms with Crippen molar-refractivity contribution in [3.63, 3.8) is 0 Å². The fourth-order valence-electron chi connectivity index (χ4n) is 2.69. The van der Waals surface area contributed by atoms with Crippen LogP contribution >= 0.6 is 11.6 Å². The highest BCUT2D eigenvalue weighted by molar-refractivity contribution is 7.89. The molecular weight excluding hydrogens is 262 g/mol. The fraction of sp³-hybridized carbons (Fsp3) is 1.00. The number of halogens is 1. The summed E-state index contributed by atoms with van der Waals surface area (Å²) in [7, 11) is -3.26. The van der Waals surface area contributed by atoms with Crippen LogP contribution in [0.1, 0.15) is 32.6 Å². The Morgan fingerprint density at radius 1 is 1.41 bits per heavy atom. The lowest BCUT2D eigenvalue weighted by molar-refractivity contribution is -0.0587. The second-order valence-corrected chi connectivity index (χ2v) is 7.49. The molecule has 0 aromatic carbocycles. The van der Waals surface area contributed by atoms with E-state index in [1.54, 1.807) is 11.2 Å². The van der Waals surface area contributed by atoms with E-state index in [0.717, 1.165) is 25.7 Å². The highest BCUT2D eigenvalue weighted by Gasteiger charge is 2.41. The molecule has 0 spiro atoms. The Morgan fingerprint density at radius 3 is 2.82 bits per heavy atom. The number of morpholine rings is 1. The van der Waals surface area contributed by atoms with Gasteiger partial charge in [-0.3, -0.25) is 0 Å². The molecule has 1 saturated carbocycles. The zero-order valence-corrected chi connectivity index (χ0v) is 11.7. The second kappa shape index (κ2) is 5.43. The molecule has 3 atom stereocenters. The van der Waals surface area contributed by atoms with Crippen molar-refractivity contribution in [1.82, 2.24) is 4.31 Å². The Kier molecular flexibility index (Phi) is 4.34. The molecule has 0 aromatic heterocycles. The van der Waals surface area contributed by atoms with E-state index in [1.165, 1.54) is 0 Å². The molecule has 2 fully saturated rings. The first kappa shape index (κ1) is 13.6. The lowest BCUT2D eigenvalue weighted by Gasteiger charge is -2.43. The summed E-state index contributed by atoms with van der Waals surface area (Å²) in [5.41, 5.74) is 0. The minimum atomic E-state index is -3.26. The first-order valence-electron chi connectivity index (χ1n) is 6.25. The molecule has 3 unspecified atom stereocenters. The molecule has 1 heterocycles. The van der Waals surface area contributed by atoms with Crippen molar-refractivity contribution >= 4 is 21.6 Å². The maximum absolute atomic E-state index is 12.4. The van der Waals surface area contributed by atoms with Crippen LogP contribution in [-0.4, -0.2) is 49.2 Å². The largest absolute Gasteiger partial charge is 0.375 e. The van der Waals surface area contributed by atoms with E-state index in [-0.39, 0.29) is 18.0 Å². The standard InChI is InChI=1S/C11H20ClNO3S/c1-9(8-12)17(14,15)13-6-7-16-11-5-3-2-4-10(11)13/h9-11H,2-8H2,1H3. The van der Waals surface area contributed by atoms with Gasteiger partial charge in [0.25, 0.3) is 0 Å². The zero-order chi connectivity index (χ0) is 12.5. The van der Waals surface area contributed by atoms with Gasteiger partial charge in [-0.25, -0.2) is 8.42 Å². The summed E-state index contributed by atoms with van der Waals surface area (Å²) in [4.78, 5) is 0. The average molecular weight is 282 g/mol.